The Morgan fingerprint density at radius 2 is 2.00 bits per heavy atom. The van der Waals surface area contributed by atoms with Crippen LogP contribution in [0.5, 0.6) is 0 Å². The lowest BCUT2D eigenvalue weighted by Gasteiger charge is -2.13. The third kappa shape index (κ3) is 3.35. The fourth-order valence-electron chi connectivity index (χ4n) is 1.10. The van der Waals surface area contributed by atoms with Crippen LogP contribution in [-0.2, 0) is 10.0 Å². The molecule has 0 heterocycles. The minimum atomic E-state index is -3.56. The van der Waals surface area contributed by atoms with E-state index in [0.29, 0.717) is 11.4 Å². The summed E-state index contributed by atoms with van der Waals surface area (Å²) in [7, 11) is -3.56. The van der Waals surface area contributed by atoms with Crippen molar-refractivity contribution in [3.8, 4) is 0 Å². The SMILES string of the molecule is CC[C@@H](C)NS(=O)(=O)c1ccc(Cl)cc1Cl. The van der Waals surface area contributed by atoms with Gasteiger partial charge in [-0.2, -0.15) is 0 Å². The number of benzene rings is 1. The molecule has 0 saturated heterocycles. The van der Waals surface area contributed by atoms with Gasteiger partial charge in [-0.05, 0) is 31.5 Å². The molecule has 0 spiro atoms. The van der Waals surface area contributed by atoms with Crippen LogP contribution in [0.3, 0.4) is 0 Å². The van der Waals surface area contributed by atoms with Crippen molar-refractivity contribution in [3.63, 3.8) is 0 Å². The van der Waals surface area contributed by atoms with E-state index in [0.717, 1.165) is 0 Å². The number of hydrogen-bond acceptors (Lipinski definition) is 2. The summed E-state index contributed by atoms with van der Waals surface area (Å²) < 4.78 is 26.3. The third-order valence-corrected chi connectivity index (χ3v) is 4.46. The summed E-state index contributed by atoms with van der Waals surface area (Å²) in [4.78, 5) is 0.0545. The number of sulfonamides is 1. The van der Waals surface area contributed by atoms with Gasteiger partial charge in [0.1, 0.15) is 4.90 Å². The smallest absolute Gasteiger partial charge is 0.208 e. The van der Waals surface area contributed by atoms with Crippen molar-refractivity contribution < 1.29 is 8.42 Å². The summed E-state index contributed by atoms with van der Waals surface area (Å²) in [6, 6.07) is 4.18. The van der Waals surface area contributed by atoms with E-state index >= 15 is 0 Å². The Hall–Kier alpha value is -0.290. The van der Waals surface area contributed by atoms with Gasteiger partial charge in [-0.25, -0.2) is 13.1 Å². The Morgan fingerprint density at radius 3 is 2.50 bits per heavy atom. The van der Waals surface area contributed by atoms with Gasteiger partial charge in [0, 0.05) is 11.1 Å². The van der Waals surface area contributed by atoms with Crippen molar-refractivity contribution >= 4 is 33.2 Å². The van der Waals surface area contributed by atoms with Crippen molar-refractivity contribution in [2.75, 3.05) is 0 Å². The molecular formula is C10H13Cl2NO2S. The van der Waals surface area contributed by atoms with Crippen LogP contribution in [0, 0.1) is 0 Å². The Labute approximate surface area is 106 Å². The van der Waals surface area contributed by atoms with Crippen LogP contribution in [0.1, 0.15) is 20.3 Å². The van der Waals surface area contributed by atoms with E-state index in [2.05, 4.69) is 4.72 Å². The van der Waals surface area contributed by atoms with Crippen LogP contribution < -0.4 is 4.72 Å². The molecule has 0 aliphatic heterocycles. The van der Waals surface area contributed by atoms with Crippen molar-refractivity contribution in [2.45, 2.75) is 31.2 Å². The van der Waals surface area contributed by atoms with Crippen LogP contribution in [0.15, 0.2) is 23.1 Å². The molecule has 90 valence electrons. The number of hydrogen-bond donors (Lipinski definition) is 1. The van der Waals surface area contributed by atoms with E-state index in [1.54, 1.807) is 6.92 Å². The molecule has 16 heavy (non-hydrogen) atoms. The van der Waals surface area contributed by atoms with E-state index in [1.165, 1.54) is 18.2 Å². The summed E-state index contributed by atoms with van der Waals surface area (Å²) >= 11 is 11.5. The maximum Gasteiger partial charge on any atom is 0.242 e. The van der Waals surface area contributed by atoms with Crippen LogP contribution in [0.4, 0.5) is 0 Å². The molecule has 0 fully saturated rings. The minimum absolute atomic E-state index is 0.0545. The molecule has 1 rings (SSSR count). The lowest BCUT2D eigenvalue weighted by Crippen LogP contribution is -2.32. The molecule has 1 aromatic rings. The zero-order valence-electron chi connectivity index (χ0n) is 9.00. The molecule has 1 atom stereocenters. The normalized spacial score (nSPS) is 13.8. The van der Waals surface area contributed by atoms with Crippen molar-refractivity contribution in [3.05, 3.63) is 28.2 Å². The fourth-order valence-corrected chi connectivity index (χ4v) is 3.20. The minimum Gasteiger partial charge on any atom is -0.208 e. The summed E-state index contributed by atoms with van der Waals surface area (Å²) in [6.45, 7) is 3.69. The van der Waals surface area contributed by atoms with E-state index < -0.39 is 10.0 Å². The maximum atomic E-state index is 11.9. The molecular weight excluding hydrogens is 269 g/mol. The van der Waals surface area contributed by atoms with Gasteiger partial charge in [0.2, 0.25) is 10.0 Å². The van der Waals surface area contributed by atoms with Crippen molar-refractivity contribution in [1.82, 2.24) is 4.72 Å². The van der Waals surface area contributed by atoms with Crippen molar-refractivity contribution in [1.29, 1.82) is 0 Å². The van der Waals surface area contributed by atoms with Gasteiger partial charge in [0.15, 0.2) is 0 Å². The van der Waals surface area contributed by atoms with E-state index in [-0.39, 0.29) is 16.0 Å². The molecule has 0 aliphatic rings. The second-order valence-electron chi connectivity index (χ2n) is 3.51. The second kappa shape index (κ2) is 5.36. The van der Waals surface area contributed by atoms with Gasteiger partial charge in [-0.1, -0.05) is 30.1 Å². The lowest BCUT2D eigenvalue weighted by atomic mass is 10.3. The maximum absolute atomic E-state index is 11.9. The molecule has 1 aromatic carbocycles. The Kier molecular flexibility index (Phi) is 4.62. The molecule has 1 N–H and O–H groups in total. The summed E-state index contributed by atoms with van der Waals surface area (Å²) in [5.74, 6) is 0. The van der Waals surface area contributed by atoms with Gasteiger partial charge in [0.05, 0.1) is 5.02 Å². The first-order valence-electron chi connectivity index (χ1n) is 4.84. The van der Waals surface area contributed by atoms with E-state index in [9.17, 15) is 8.42 Å². The number of halogens is 2. The highest BCUT2D eigenvalue weighted by Gasteiger charge is 2.19. The highest BCUT2D eigenvalue weighted by molar-refractivity contribution is 7.89. The molecule has 0 unspecified atom stereocenters. The summed E-state index contributed by atoms with van der Waals surface area (Å²) in [6.07, 6.45) is 0.713. The Morgan fingerprint density at radius 1 is 1.38 bits per heavy atom. The third-order valence-electron chi connectivity index (χ3n) is 2.15. The largest absolute Gasteiger partial charge is 0.242 e. The number of nitrogens with one attached hydrogen (secondary N) is 1. The predicted octanol–water partition coefficient (Wildman–Crippen LogP) is 3.07. The predicted molar refractivity (Wildman–Crippen MR) is 66.5 cm³/mol. The Bertz CT molecular complexity index is 474. The standard InChI is InChI=1S/C10H13Cl2NO2S/c1-3-7(2)13-16(14,15)10-5-4-8(11)6-9(10)12/h4-7,13H,3H2,1-2H3/t7-/m1/s1. The highest BCUT2D eigenvalue weighted by Crippen LogP contribution is 2.24. The van der Waals surface area contributed by atoms with Gasteiger partial charge < -0.3 is 0 Å². The van der Waals surface area contributed by atoms with Gasteiger partial charge >= 0.3 is 0 Å². The van der Waals surface area contributed by atoms with Gasteiger partial charge in [-0.15, -0.1) is 0 Å². The molecule has 3 nitrogen and oxygen atoms in total. The zero-order chi connectivity index (χ0) is 12.3. The summed E-state index contributed by atoms with van der Waals surface area (Å²) in [5.41, 5.74) is 0. The first-order chi connectivity index (χ1) is 7.36. The average Bonchev–Trinajstić information content (AvgIpc) is 2.16. The van der Waals surface area contributed by atoms with Crippen LogP contribution in [0.2, 0.25) is 10.0 Å². The Balaban J connectivity index is 3.08. The lowest BCUT2D eigenvalue weighted by molar-refractivity contribution is 0.556. The molecule has 0 radical (unpaired) electrons. The quantitative estimate of drug-likeness (QED) is 0.922. The van der Waals surface area contributed by atoms with Gasteiger partial charge in [-0.3, -0.25) is 0 Å². The monoisotopic (exact) mass is 281 g/mol. The van der Waals surface area contributed by atoms with Crippen molar-refractivity contribution in [2.24, 2.45) is 0 Å². The molecule has 0 bridgehead atoms. The molecule has 0 saturated carbocycles. The average molecular weight is 282 g/mol. The van der Waals surface area contributed by atoms with Gasteiger partial charge in [0.25, 0.3) is 0 Å². The molecule has 0 aromatic heterocycles. The highest BCUT2D eigenvalue weighted by atomic mass is 35.5. The van der Waals surface area contributed by atoms with E-state index in [4.69, 9.17) is 23.2 Å². The zero-order valence-corrected chi connectivity index (χ0v) is 11.3. The second-order valence-corrected chi connectivity index (χ2v) is 6.03. The first kappa shape index (κ1) is 13.8. The van der Waals surface area contributed by atoms with Crippen LogP contribution >= 0.6 is 23.2 Å². The number of rotatable bonds is 4. The van der Waals surface area contributed by atoms with Crippen LogP contribution in [0.25, 0.3) is 0 Å². The van der Waals surface area contributed by atoms with Crippen LogP contribution in [-0.4, -0.2) is 14.5 Å². The first-order valence-corrected chi connectivity index (χ1v) is 7.08. The fraction of sp³-hybridized carbons (Fsp3) is 0.400. The van der Waals surface area contributed by atoms with E-state index in [1.807, 2.05) is 6.92 Å². The molecule has 6 heteroatoms. The molecule has 0 aliphatic carbocycles. The summed E-state index contributed by atoms with van der Waals surface area (Å²) in [5, 5.41) is 0.538. The topological polar surface area (TPSA) is 46.2 Å². The molecule has 0 amide bonds.